The zero-order chi connectivity index (χ0) is 17.2. The van der Waals surface area contributed by atoms with Gasteiger partial charge in [0.25, 0.3) is 11.8 Å². The van der Waals surface area contributed by atoms with Crippen LogP contribution in [0.2, 0.25) is 0 Å². The predicted molar refractivity (Wildman–Crippen MR) is 88.4 cm³/mol. The van der Waals surface area contributed by atoms with E-state index in [1.54, 1.807) is 30.3 Å². The van der Waals surface area contributed by atoms with Gasteiger partial charge in [0.1, 0.15) is 5.75 Å². The van der Waals surface area contributed by atoms with Crippen molar-refractivity contribution >= 4 is 17.9 Å². The fraction of sp³-hybridized carbons (Fsp3) is 0.0556. The molecule has 0 aliphatic rings. The van der Waals surface area contributed by atoms with Crippen molar-refractivity contribution in [2.45, 2.75) is 0 Å². The molecular weight excluding hydrogens is 306 g/mol. The molecule has 0 saturated heterocycles. The van der Waals surface area contributed by atoms with Crippen molar-refractivity contribution in [1.82, 2.24) is 10.9 Å². The van der Waals surface area contributed by atoms with Crippen LogP contribution in [0.3, 0.4) is 0 Å². The van der Waals surface area contributed by atoms with Gasteiger partial charge in [-0.3, -0.25) is 20.4 Å². The van der Waals surface area contributed by atoms with Crippen molar-refractivity contribution in [3.05, 3.63) is 71.8 Å². The van der Waals surface area contributed by atoms with Gasteiger partial charge >= 0.3 is 0 Å². The number of carbonyl (C=O) groups is 2. The number of carbonyl (C=O) groups excluding carboxylic acids is 2. The third-order valence-corrected chi connectivity index (χ3v) is 2.91. The minimum Gasteiger partial charge on any atom is -0.484 e. The Balaban J connectivity index is 1.71. The van der Waals surface area contributed by atoms with Gasteiger partial charge in [-0.2, -0.15) is 5.26 Å². The number of hydrogen-bond acceptors (Lipinski definition) is 4. The van der Waals surface area contributed by atoms with Crippen LogP contribution in [0.5, 0.6) is 5.75 Å². The summed E-state index contributed by atoms with van der Waals surface area (Å²) in [5.74, 6) is -0.495. The maximum absolute atomic E-state index is 11.6. The van der Waals surface area contributed by atoms with Gasteiger partial charge in [-0.05, 0) is 35.9 Å². The fourth-order valence-electron chi connectivity index (χ4n) is 1.72. The van der Waals surface area contributed by atoms with E-state index in [1.165, 1.54) is 6.08 Å². The summed E-state index contributed by atoms with van der Waals surface area (Å²) < 4.78 is 5.24. The highest BCUT2D eigenvalue weighted by atomic mass is 16.5. The van der Waals surface area contributed by atoms with Crippen LogP contribution in [0.15, 0.2) is 60.7 Å². The second-order valence-electron chi connectivity index (χ2n) is 4.71. The molecule has 2 aromatic carbocycles. The van der Waals surface area contributed by atoms with Crippen LogP contribution in [-0.2, 0) is 9.59 Å². The molecule has 2 amide bonds. The topological polar surface area (TPSA) is 91.2 Å². The molecule has 0 unspecified atom stereocenters. The zero-order valence-electron chi connectivity index (χ0n) is 12.7. The highest BCUT2D eigenvalue weighted by molar-refractivity contribution is 5.93. The highest BCUT2D eigenvalue weighted by Crippen LogP contribution is 2.11. The van der Waals surface area contributed by atoms with E-state index in [1.807, 2.05) is 36.4 Å². The van der Waals surface area contributed by atoms with Gasteiger partial charge < -0.3 is 4.74 Å². The van der Waals surface area contributed by atoms with Gasteiger partial charge in [0.2, 0.25) is 0 Å². The monoisotopic (exact) mass is 321 g/mol. The number of nitriles is 1. The first-order valence-electron chi connectivity index (χ1n) is 7.12. The smallest absolute Gasteiger partial charge is 0.276 e. The average molecular weight is 321 g/mol. The van der Waals surface area contributed by atoms with Crippen LogP contribution < -0.4 is 15.6 Å². The summed E-state index contributed by atoms with van der Waals surface area (Å²) in [6.45, 7) is -0.255. The zero-order valence-corrected chi connectivity index (χ0v) is 12.7. The summed E-state index contributed by atoms with van der Waals surface area (Å²) in [4.78, 5) is 23.2. The van der Waals surface area contributed by atoms with Gasteiger partial charge in [0, 0.05) is 6.08 Å². The lowest BCUT2D eigenvalue weighted by molar-refractivity contribution is -0.128. The Bertz CT molecular complexity index is 762. The summed E-state index contributed by atoms with van der Waals surface area (Å²) in [7, 11) is 0. The largest absolute Gasteiger partial charge is 0.484 e. The molecule has 24 heavy (non-hydrogen) atoms. The van der Waals surface area contributed by atoms with Gasteiger partial charge in [0.15, 0.2) is 6.61 Å². The Morgan fingerprint density at radius 3 is 2.42 bits per heavy atom. The van der Waals surface area contributed by atoms with Gasteiger partial charge in [-0.15, -0.1) is 0 Å². The van der Waals surface area contributed by atoms with E-state index in [0.717, 1.165) is 5.56 Å². The first-order chi connectivity index (χ1) is 11.7. The van der Waals surface area contributed by atoms with E-state index in [9.17, 15) is 9.59 Å². The molecule has 0 fully saturated rings. The lowest BCUT2D eigenvalue weighted by Crippen LogP contribution is -2.43. The van der Waals surface area contributed by atoms with E-state index in [0.29, 0.717) is 11.3 Å². The predicted octanol–water partition coefficient (Wildman–Crippen LogP) is 1.80. The average Bonchev–Trinajstić information content (AvgIpc) is 2.64. The van der Waals surface area contributed by atoms with Crippen LogP contribution in [0.4, 0.5) is 0 Å². The SMILES string of the molecule is N#Cc1ccc(OCC(=O)NNC(=O)C=Cc2ccccc2)cc1. The van der Waals surface area contributed by atoms with Crippen molar-refractivity contribution in [2.24, 2.45) is 0 Å². The number of ether oxygens (including phenoxy) is 1. The standard InChI is InChI=1S/C18H15N3O3/c19-12-15-6-9-16(10-7-15)24-13-18(23)21-20-17(22)11-8-14-4-2-1-3-5-14/h1-11H,13H2,(H,20,22)(H,21,23). The second kappa shape index (κ2) is 8.76. The Labute approximate surface area is 139 Å². The number of hydrazine groups is 1. The maximum Gasteiger partial charge on any atom is 0.276 e. The molecule has 0 spiro atoms. The normalized spacial score (nSPS) is 9.96. The molecule has 2 rings (SSSR count). The summed E-state index contributed by atoms with van der Waals surface area (Å²) >= 11 is 0. The third kappa shape index (κ3) is 5.66. The molecule has 0 heterocycles. The van der Waals surface area contributed by atoms with Crippen molar-refractivity contribution in [3.63, 3.8) is 0 Å². The number of amides is 2. The molecule has 0 saturated carbocycles. The van der Waals surface area contributed by atoms with E-state index >= 15 is 0 Å². The Morgan fingerprint density at radius 2 is 1.75 bits per heavy atom. The summed E-state index contributed by atoms with van der Waals surface area (Å²) in [6, 6.07) is 17.7. The third-order valence-electron chi connectivity index (χ3n) is 2.91. The summed E-state index contributed by atoms with van der Waals surface area (Å²) in [5.41, 5.74) is 5.89. The van der Waals surface area contributed by atoms with Gasteiger partial charge in [-0.25, -0.2) is 0 Å². The quantitative estimate of drug-likeness (QED) is 0.649. The van der Waals surface area contributed by atoms with Gasteiger partial charge in [0.05, 0.1) is 11.6 Å². The molecule has 0 aliphatic heterocycles. The molecule has 2 N–H and O–H groups in total. The minimum atomic E-state index is -0.499. The molecular formula is C18H15N3O3. The Hall–Kier alpha value is -3.59. The Kier molecular flexibility index (Phi) is 6.12. The van der Waals surface area contributed by atoms with Crippen LogP contribution in [0, 0.1) is 11.3 Å². The van der Waals surface area contributed by atoms with E-state index < -0.39 is 11.8 Å². The molecule has 6 nitrogen and oxygen atoms in total. The Morgan fingerprint density at radius 1 is 1.04 bits per heavy atom. The molecule has 0 radical (unpaired) electrons. The number of nitrogens with one attached hydrogen (secondary N) is 2. The van der Waals surface area contributed by atoms with Crippen LogP contribution in [0.25, 0.3) is 6.08 Å². The molecule has 0 aliphatic carbocycles. The van der Waals surface area contributed by atoms with E-state index in [4.69, 9.17) is 10.00 Å². The van der Waals surface area contributed by atoms with Crippen molar-refractivity contribution in [2.75, 3.05) is 6.61 Å². The lowest BCUT2D eigenvalue weighted by Gasteiger charge is -2.07. The molecule has 120 valence electrons. The van der Waals surface area contributed by atoms with E-state index in [2.05, 4.69) is 10.9 Å². The van der Waals surface area contributed by atoms with Crippen LogP contribution >= 0.6 is 0 Å². The van der Waals surface area contributed by atoms with Crippen LogP contribution in [0.1, 0.15) is 11.1 Å². The highest BCUT2D eigenvalue weighted by Gasteiger charge is 2.04. The number of nitrogens with zero attached hydrogens (tertiary/aromatic N) is 1. The molecule has 0 aromatic heterocycles. The molecule has 2 aromatic rings. The first kappa shape index (κ1) is 16.8. The summed E-state index contributed by atoms with van der Waals surface area (Å²) in [6.07, 6.45) is 2.95. The molecule has 0 atom stereocenters. The van der Waals surface area contributed by atoms with Crippen molar-refractivity contribution < 1.29 is 14.3 Å². The lowest BCUT2D eigenvalue weighted by atomic mass is 10.2. The molecule has 0 bridgehead atoms. The van der Waals surface area contributed by atoms with E-state index in [-0.39, 0.29) is 6.61 Å². The second-order valence-corrected chi connectivity index (χ2v) is 4.71. The number of benzene rings is 2. The molecule has 6 heteroatoms. The fourth-order valence-corrected chi connectivity index (χ4v) is 1.72. The summed E-state index contributed by atoms with van der Waals surface area (Å²) in [5, 5.41) is 8.68. The van der Waals surface area contributed by atoms with Crippen molar-refractivity contribution in [3.8, 4) is 11.8 Å². The van der Waals surface area contributed by atoms with Crippen LogP contribution in [-0.4, -0.2) is 18.4 Å². The first-order valence-corrected chi connectivity index (χ1v) is 7.12. The van der Waals surface area contributed by atoms with Crippen molar-refractivity contribution in [1.29, 1.82) is 5.26 Å². The maximum atomic E-state index is 11.6. The van der Waals surface area contributed by atoms with Gasteiger partial charge in [-0.1, -0.05) is 30.3 Å². The number of rotatable bonds is 5. The number of hydrogen-bond donors (Lipinski definition) is 2. The minimum absolute atomic E-state index is 0.255.